The van der Waals surface area contributed by atoms with Crippen molar-refractivity contribution in [3.05, 3.63) is 58.6 Å². The third kappa shape index (κ3) is 4.27. The number of rotatable bonds is 5. The van der Waals surface area contributed by atoms with Gasteiger partial charge in [-0.05, 0) is 55.7 Å². The molecule has 2 aliphatic rings. The molecule has 2 heterocycles. The molecule has 2 unspecified atom stereocenters. The van der Waals surface area contributed by atoms with Crippen molar-refractivity contribution in [3.8, 4) is 0 Å². The molecule has 8 nitrogen and oxygen atoms in total. The van der Waals surface area contributed by atoms with E-state index >= 15 is 0 Å². The van der Waals surface area contributed by atoms with Gasteiger partial charge in [-0.3, -0.25) is 9.48 Å². The minimum Gasteiger partial charge on any atom is -0.389 e. The predicted octanol–water partition coefficient (Wildman–Crippen LogP) is 3.47. The number of anilines is 1. The van der Waals surface area contributed by atoms with Crippen molar-refractivity contribution in [2.24, 2.45) is 25.9 Å². The second-order valence-corrected chi connectivity index (χ2v) is 9.96. The summed E-state index contributed by atoms with van der Waals surface area (Å²) in [4.78, 5) is 17.6. The lowest BCUT2D eigenvalue weighted by atomic mass is 9.89. The molecule has 2 atom stereocenters. The predicted molar refractivity (Wildman–Crippen MR) is 120 cm³/mol. The topological polar surface area (TPSA) is 97.9 Å². The summed E-state index contributed by atoms with van der Waals surface area (Å²) in [6, 6.07) is 4.10. The largest absolute Gasteiger partial charge is 0.389 e. The van der Waals surface area contributed by atoms with Gasteiger partial charge in [-0.1, -0.05) is 16.8 Å². The molecule has 0 saturated heterocycles. The molecule has 0 aliphatic heterocycles. The zero-order valence-electron chi connectivity index (χ0n) is 18.5. The van der Waals surface area contributed by atoms with E-state index in [0.717, 1.165) is 24.2 Å². The molecule has 1 amide bonds. The van der Waals surface area contributed by atoms with E-state index in [1.165, 1.54) is 18.2 Å². The van der Waals surface area contributed by atoms with Crippen molar-refractivity contribution >= 4 is 23.2 Å². The Morgan fingerprint density at radius 3 is 2.67 bits per heavy atom. The van der Waals surface area contributed by atoms with Crippen LogP contribution in [0.5, 0.6) is 0 Å². The molecule has 174 valence electrons. The molecule has 2 N–H and O–H groups in total. The average molecular weight is 473 g/mol. The number of hydrogen-bond donors (Lipinski definition) is 2. The lowest BCUT2D eigenvalue weighted by Crippen LogP contribution is -2.29. The number of hydrogen-bond acceptors (Lipinski definition) is 5. The highest BCUT2D eigenvalue weighted by atomic mass is 35.5. The molecule has 5 rings (SSSR count). The number of fused-ring (bicyclic) bond motifs is 1. The van der Waals surface area contributed by atoms with E-state index in [2.05, 4.69) is 20.6 Å². The fraction of sp³-hybridized carbons (Fsp3) is 0.478. The van der Waals surface area contributed by atoms with E-state index in [1.807, 2.05) is 13.2 Å². The molecule has 3 aromatic rings. The van der Waals surface area contributed by atoms with Crippen LogP contribution in [-0.2, 0) is 20.5 Å². The van der Waals surface area contributed by atoms with Gasteiger partial charge in [-0.2, -0.15) is 0 Å². The summed E-state index contributed by atoms with van der Waals surface area (Å²) >= 11 is 5.85. The molecule has 33 heavy (non-hydrogen) atoms. The van der Waals surface area contributed by atoms with E-state index in [1.54, 1.807) is 22.6 Å². The zero-order valence-corrected chi connectivity index (χ0v) is 19.3. The summed E-state index contributed by atoms with van der Waals surface area (Å²) < 4.78 is 16.8. The lowest BCUT2D eigenvalue weighted by Gasteiger charge is -2.23. The van der Waals surface area contributed by atoms with Crippen molar-refractivity contribution in [3.63, 3.8) is 0 Å². The molecule has 10 heteroatoms. The Balaban J connectivity index is 1.28. The highest BCUT2D eigenvalue weighted by Gasteiger charge is 2.50. The van der Waals surface area contributed by atoms with Gasteiger partial charge in [-0.15, -0.1) is 5.10 Å². The van der Waals surface area contributed by atoms with Gasteiger partial charge in [0.2, 0.25) is 0 Å². The summed E-state index contributed by atoms with van der Waals surface area (Å²) in [5.74, 6) is 0.0763. The van der Waals surface area contributed by atoms with Gasteiger partial charge in [0.1, 0.15) is 11.5 Å². The third-order valence-corrected chi connectivity index (χ3v) is 7.32. The molecule has 0 radical (unpaired) electrons. The van der Waals surface area contributed by atoms with Crippen LogP contribution in [0.15, 0.2) is 30.7 Å². The number of nitrogens with one attached hydrogen (secondary N) is 1. The van der Waals surface area contributed by atoms with Crippen LogP contribution < -0.4 is 5.32 Å². The van der Waals surface area contributed by atoms with Gasteiger partial charge in [0.05, 0.1) is 28.3 Å². The first-order valence-electron chi connectivity index (χ1n) is 11.1. The highest BCUT2D eigenvalue weighted by Crippen LogP contribution is 2.54. The highest BCUT2D eigenvalue weighted by molar-refractivity contribution is 6.31. The number of halogens is 2. The minimum atomic E-state index is -0.761. The number of imidazole rings is 1. The Morgan fingerprint density at radius 1 is 1.30 bits per heavy atom. The number of benzene rings is 1. The normalized spacial score (nSPS) is 26.5. The fourth-order valence-electron chi connectivity index (χ4n) is 5.74. The Morgan fingerprint density at radius 2 is 2.03 bits per heavy atom. The van der Waals surface area contributed by atoms with Crippen molar-refractivity contribution < 1.29 is 14.3 Å². The van der Waals surface area contributed by atoms with E-state index < -0.39 is 11.4 Å². The van der Waals surface area contributed by atoms with Crippen LogP contribution in [0.2, 0.25) is 5.02 Å². The Labute approximate surface area is 195 Å². The molecule has 0 bridgehead atoms. The molecule has 2 saturated carbocycles. The van der Waals surface area contributed by atoms with Crippen molar-refractivity contribution in [2.75, 3.05) is 5.32 Å². The standard InChI is InChI=1S/C23H26ClFN6O2/c1-30-12-26-20(21(30)22(32)27-16-3-4-19(25)18(24)7-16)13-5-14-8-23(33,9-15(14)6-13)10-17-11-31(2)29-28-17/h3-4,7,11-15,33H,5-6,8-10H2,1-2H3,(H,27,32). The number of nitrogens with zero attached hydrogens (tertiary/aromatic N) is 5. The van der Waals surface area contributed by atoms with Crippen LogP contribution in [0, 0.1) is 17.7 Å². The van der Waals surface area contributed by atoms with Crippen molar-refractivity contribution in [1.29, 1.82) is 0 Å². The van der Waals surface area contributed by atoms with Gasteiger partial charge in [0.25, 0.3) is 5.91 Å². The fourth-order valence-corrected chi connectivity index (χ4v) is 5.92. The minimum absolute atomic E-state index is 0.0457. The molecule has 1 aromatic carbocycles. The van der Waals surface area contributed by atoms with Crippen LogP contribution in [-0.4, -0.2) is 41.2 Å². The second-order valence-electron chi connectivity index (χ2n) is 9.55. The number of carbonyl (C=O) groups is 1. The van der Waals surface area contributed by atoms with Gasteiger partial charge >= 0.3 is 0 Å². The summed E-state index contributed by atoms with van der Waals surface area (Å²) in [7, 11) is 3.61. The van der Waals surface area contributed by atoms with E-state index in [9.17, 15) is 14.3 Å². The van der Waals surface area contributed by atoms with Crippen molar-refractivity contribution in [2.45, 2.75) is 43.6 Å². The van der Waals surface area contributed by atoms with E-state index in [-0.39, 0.29) is 16.8 Å². The maximum atomic E-state index is 13.4. The number of aryl methyl sites for hydroxylation is 2. The smallest absolute Gasteiger partial charge is 0.274 e. The van der Waals surface area contributed by atoms with Crippen LogP contribution in [0.1, 0.15) is 53.5 Å². The van der Waals surface area contributed by atoms with Crippen LogP contribution in [0.3, 0.4) is 0 Å². The van der Waals surface area contributed by atoms with Gasteiger partial charge in [-0.25, -0.2) is 9.37 Å². The first-order chi connectivity index (χ1) is 15.7. The van der Waals surface area contributed by atoms with Crippen molar-refractivity contribution in [1.82, 2.24) is 24.5 Å². The van der Waals surface area contributed by atoms with Crippen LogP contribution >= 0.6 is 11.6 Å². The lowest BCUT2D eigenvalue weighted by molar-refractivity contribution is 0.0375. The molecular weight excluding hydrogens is 447 g/mol. The molecule has 0 spiro atoms. The molecule has 2 fully saturated rings. The van der Waals surface area contributed by atoms with E-state index in [4.69, 9.17) is 11.6 Å². The number of amides is 1. The molecule has 2 aliphatic carbocycles. The third-order valence-electron chi connectivity index (χ3n) is 7.03. The quantitative estimate of drug-likeness (QED) is 0.592. The van der Waals surface area contributed by atoms with Gasteiger partial charge in [0.15, 0.2) is 0 Å². The summed E-state index contributed by atoms with van der Waals surface area (Å²) in [6.45, 7) is 0. The first kappa shape index (κ1) is 22.0. The average Bonchev–Trinajstić information content (AvgIpc) is 3.48. The van der Waals surface area contributed by atoms with E-state index in [0.29, 0.717) is 42.5 Å². The summed E-state index contributed by atoms with van der Waals surface area (Å²) in [5.41, 5.74) is 1.74. The van der Waals surface area contributed by atoms with Gasteiger partial charge in [0, 0.05) is 38.3 Å². The van der Waals surface area contributed by atoms with Crippen LogP contribution in [0.25, 0.3) is 0 Å². The SMILES string of the molecule is Cn1cc(CC2(O)CC3CC(c4ncn(C)c4C(=O)Nc4ccc(F)c(Cl)c4)CC3C2)nn1. The molecular formula is C23H26ClFN6O2. The molecule has 2 aromatic heterocycles. The monoisotopic (exact) mass is 472 g/mol. The maximum Gasteiger partial charge on any atom is 0.274 e. The zero-order chi connectivity index (χ0) is 23.3. The van der Waals surface area contributed by atoms with Crippen LogP contribution in [0.4, 0.5) is 10.1 Å². The number of aromatic nitrogens is 5. The maximum absolute atomic E-state index is 13.4. The number of carbonyl (C=O) groups excluding carboxylic acids is 1. The first-order valence-corrected chi connectivity index (χ1v) is 11.4. The van der Waals surface area contributed by atoms with Gasteiger partial charge < -0.3 is 15.0 Å². The summed E-state index contributed by atoms with van der Waals surface area (Å²) in [6.07, 6.45) is 7.21. The summed E-state index contributed by atoms with van der Waals surface area (Å²) in [5, 5.41) is 22.0. The second kappa shape index (κ2) is 8.22. The Hall–Kier alpha value is -2.78. The number of aliphatic hydroxyl groups is 1. The Bertz CT molecular complexity index is 1190. The Kier molecular flexibility index (Phi) is 5.49.